The van der Waals surface area contributed by atoms with Crippen molar-refractivity contribution in [3.63, 3.8) is 0 Å². The maximum atomic E-state index is 13.2. The molecule has 0 aromatic heterocycles. The molecule has 0 saturated carbocycles. The number of carboxylic acids is 1. The van der Waals surface area contributed by atoms with Crippen LogP contribution < -0.4 is 4.72 Å². The molecular weight excluding hydrogens is 478 g/mol. The van der Waals surface area contributed by atoms with E-state index in [9.17, 15) is 18.3 Å². The number of carbonyl (C=O) groups is 1. The van der Waals surface area contributed by atoms with Crippen LogP contribution >= 0.6 is 11.8 Å². The van der Waals surface area contributed by atoms with Gasteiger partial charge in [-0.25, -0.2) is 13.2 Å². The topological polar surface area (TPSA) is 83.5 Å². The predicted molar refractivity (Wildman–Crippen MR) is 143 cm³/mol. The Hall–Kier alpha value is -3.29. The number of aryl methyl sites for hydroxylation is 1. The van der Waals surface area contributed by atoms with E-state index in [1.165, 1.54) is 11.6 Å². The van der Waals surface area contributed by atoms with Gasteiger partial charge < -0.3 is 5.11 Å². The summed E-state index contributed by atoms with van der Waals surface area (Å²) in [7, 11) is -3.99. The first-order valence-electron chi connectivity index (χ1n) is 11.3. The molecule has 0 radical (unpaired) electrons. The first-order valence-corrected chi connectivity index (χ1v) is 13.8. The third-order valence-corrected chi connectivity index (χ3v) is 8.21. The SMILES string of the molecule is CC(C)c1cc(NS(=O)(=O)c2ccc3ccccc3c2)c(C(=O)O)cc1SCCc1ccccc1. The lowest BCUT2D eigenvalue weighted by molar-refractivity contribution is 0.0697. The highest BCUT2D eigenvalue weighted by molar-refractivity contribution is 7.99. The van der Waals surface area contributed by atoms with Crippen LogP contribution in [0.1, 0.15) is 41.3 Å². The fourth-order valence-corrected chi connectivity index (χ4v) is 6.22. The van der Waals surface area contributed by atoms with E-state index >= 15 is 0 Å². The van der Waals surface area contributed by atoms with Gasteiger partial charge in [-0.05, 0) is 58.5 Å². The second-order valence-corrected chi connectivity index (χ2v) is 11.4. The fraction of sp³-hybridized carbons (Fsp3) is 0.179. The summed E-state index contributed by atoms with van der Waals surface area (Å²) in [6.45, 7) is 4.03. The number of carboxylic acid groups (broad SMARTS) is 1. The second-order valence-electron chi connectivity index (χ2n) is 8.59. The molecule has 2 N–H and O–H groups in total. The normalized spacial score (nSPS) is 11.6. The first-order chi connectivity index (χ1) is 16.7. The molecule has 0 atom stereocenters. The molecule has 0 heterocycles. The van der Waals surface area contributed by atoms with Crippen molar-refractivity contribution in [1.29, 1.82) is 0 Å². The Labute approximate surface area is 210 Å². The minimum absolute atomic E-state index is 0.0685. The summed E-state index contributed by atoms with van der Waals surface area (Å²) in [4.78, 5) is 13.0. The quantitative estimate of drug-likeness (QED) is 0.245. The maximum absolute atomic E-state index is 13.2. The van der Waals surface area contributed by atoms with Gasteiger partial charge in [-0.1, -0.05) is 74.5 Å². The van der Waals surface area contributed by atoms with Crippen LogP contribution in [-0.2, 0) is 16.4 Å². The smallest absolute Gasteiger partial charge is 0.337 e. The summed E-state index contributed by atoms with van der Waals surface area (Å²) in [5.74, 6) is -0.312. The highest BCUT2D eigenvalue weighted by Crippen LogP contribution is 2.35. The summed E-state index contributed by atoms with van der Waals surface area (Å²) in [5, 5.41) is 11.6. The van der Waals surface area contributed by atoms with Crippen LogP contribution in [0.2, 0.25) is 0 Å². The van der Waals surface area contributed by atoms with Crippen molar-refractivity contribution >= 4 is 44.2 Å². The molecule has 0 aliphatic rings. The van der Waals surface area contributed by atoms with E-state index in [4.69, 9.17) is 0 Å². The molecule has 0 aliphatic heterocycles. The number of nitrogens with one attached hydrogen (secondary N) is 1. The minimum Gasteiger partial charge on any atom is -0.478 e. The Balaban J connectivity index is 1.65. The summed E-state index contributed by atoms with van der Waals surface area (Å²) >= 11 is 1.59. The summed E-state index contributed by atoms with van der Waals surface area (Å²) in [6.07, 6.45) is 0.849. The fourth-order valence-electron chi connectivity index (χ4n) is 3.90. The monoisotopic (exact) mass is 505 g/mol. The molecule has 0 unspecified atom stereocenters. The van der Waals surface area contributed by atoms with E-state index in [1.54, 1.807) is 36.0 Å². The van der Waals surface area contributed by atoms with Gasteiger partial charge in [-0.15, -0.1) is 11.8 Å². The zero-order chi connectivity index (χ0) is 25.0. The predicted octanol–water partition coefficient (Wildman–Crippen LogP) is 6.80. The standard InChI is InChI=1S/C28H27NO4S2/c1-19(2)24-17-26(29-35(32,33)23-13-12-21-10-6-7-11-22(21)16-23)25(28(30)31)18-27(24)34-15-14-20-8-4-3-5-9-20/h3-13,16-19,29H,14-15H2,1-2H3,(H,30,31). The molecule has 4 aromatic rings. The Morgan fingerprint density at radius 1 is 0.914 bits per heavy atom. The molecule has 0 fully saturated rings. The number of rotatable bonds is 9. The molecule has 0 aliphatic carbocycles. The largest absolute Gasteiger partial charge is 0.478 e. The first kappa shape index (κ1) is 24.8. The summed E-state index contributed by atoms with van der Waals surface area (Å²) in [5.41, 5.74) is 2.12. The van der Waals surface area contributed by atoms with Crippen molar-refractivity contribution in [1.82, 2.24) is 0 Å². The molecule has 5 nitrogen and oxygen atoms in total. The molecule has 180 valence electrons. The molecule has 7 heteroatoms. The molecule has 35 heavy (non-hydrogen) atoms. The van der Waals surface area contributed by atoms with Crippen molar-refractivity contribution < 1.29 is 18.3 Å². The van der Waals surface area contributed by atoms with E-state index in [1.807, 2.05) is 56.3 Å². The highest BCUT2D eigenvalue weighted by Gasteiger charge is 2.22. The Kier molecular flexibility index (Phi) is 7.48. The van der Waals surface area contributed by atoms with Crippen molar-refractivity contribution in [2.45, 2.75) is 36.0 Å². The maximum Gasteiger partial charge on any atom is 0.337 e. The second kappa shape index (κ2) is 10.5. The lowest BCUT2D eigenvalue weighted by Gasteiger charge is -2.18. The third-order valence-electron chi connectivity index (χ3n) is 5.77. The lowest BCUT2D eigenvalue weighted by Crippen LogP contribution is -2.16. The summed E-state index contributed by atoms with van der Waals surface area (Å²) in [6, 6.07) is 25.7. The van der Waals surface area contributed by atoms with Gasteiger partial charge in [0.15, 0.2) is 0 Å². The van der Waals surface area contributed by atoms with Crippen molar-refractivity contribution in [2.75, 3.05) is 10.5 Å². The molecule has 4 rings (SSSR count). The van der Waals surface area contributed by atoms with Crippen LogP contribution in [0.3, 0.4) is 0 Å². The molecule has 0 bridgehead atoms. The number of sulfonamides is 1. The number of hydrogen-bond donors (Lipinski definition) is 2. The molecule has 0 amide bonds. The van der Waals surface area contributed by atoms with E-state index < -0.39 is 16.0 Å². The van der Waals surface area contributed by atoms with Gasteiger partial charge in [0, 0.05) is 10.6 Å². The molecule has 0 saturated heterocycles. The van der Waals surface area contributed by atoms with E-state index in [0.717, 1.165) is 33.4 Å². The summed E-state index contributed by atoms with van der Waals surface area (Å²) < 4.78 is 28.9. The zero-order valence-electron chi connectivity index (χ0n) is 19.6. The number of anilines is 1. The van der Waals surface area contributed by atoms with Gasteiger partial charge in [0.05, 0.1) is 16.1 Å². The highest BCUT2D eigenvalue weighted by atomic mass is 32.2. The van der Waals surface area contributed by atoms with Crippen LogP contribution in [0.25, 0.3) is 10.8 Å². The van der Waals surface area contributed by atoms with Gasteiger partial charge in [-0.3, -0.25) is 4.72 Å². The molecule has 4 aromatic carbocycles. The van der Waals surface area contributed by atoms with Crippen molar-refractivity contribution in [3.8, 4) is 0 Å². The number of fused-ring (bicyclic) bond motifs is 1. The van der Waals surface area contributed by atoms with Crippen LogP contribution in [0.4, 0.5) is 5.69 Å². The van der Waals surface area contributed by atoms with Gasteiger partial charge in [0.2, 0.25) is 0 Å². The van der Waals surface area contributed by atoms with Crippen molar-refractivity contribution in [3.05, 3.63) is 102 Å². The van der Waals surface area contributed by atoms with Crippen LogP contribution in [0.5, 0.6) is 0 Å². The van der Waals surface area contributed by atoms with Crippen LogP contribution in [0, 0.1) is 0 Å². The average Bonchev–Trinajstić information content (AvgIpc) is 2.84. The van der Waals surface area contributed by atoms with Gasteiger partial charge in [-0.2, -0.15) is 0 Å². The Morgan fingerprint density at radius 2 is 1.60 bits per heavy atom. The number of benzene rings is 4. The third kappa shape index (κ3) is 5.86. The minimum atomic E-state index is -3.99. The van der Waals surface area contributed by atoms with E-state index in [-0.39, 0.29) is 22.1 Å². The lowest BCUT2D eigenvalue weighted by atomic mass is 10.00. The Morgan fingerprint density at radius 3 is 2.29 bits per heavy atom. The average molecular weight is 506 g/mol. The van der Waals surface area contributed by atoms with Gasteiger partial charge in [0.25, 0.3) is 10.0 Å². The van der Waals surface area contributed by atoms with Crippen LogP contribution in [0.15, 0.2) is 94.7 Å². The zero-order valence-corrected chi connectivity index (χ0v) is 21.2. The Bertz CT molecular complexity index is 1470. The van der Waals surface area contributed by atoms with Crippen LogP contribution in [-0.4, -0.2) is 25.2 Å². The number of hydrogen-bond acceptors (Lipinski definition) is 4. The van der Waals surface area contributed by atoms with E-state index in [2.05, 4.69) is 16.9 Å². The number of aromatic carboxylic acids is 1. The van der Waals surface area contributed by atoms with Crippen molar-refractivity contribution in [2.24, 2.45) is 0 Å². The number of thioether (sulfide) groups is 1. The van der Waals surface area contributed by atoms with Gasteiger partial charge >= 0.3 is 5.97 Å². The molecular formula is C28H27NO4S2. The van der Waals surface area contributed by atoms with E-state index in [0.29, 0.717) is 0 Å². The molecule has 0 spiro atoms. The van der Waals surface area contributed by atoms with Gasteiger partial charge in [0.1, 0.15) is 0 Å².